The summed E-state index contributed by atoms with van der Waals surface area (Å²) in [5, 5.41) is 5.60. The van der Waals surface area contributed by atoms with E-state index in [4.69, 9.17) is 9.47 Å². The van der Waals surface area contributed by atoms with Gasteiger partial charge < -0.3 is 20.1 Å². The van der Waals surface area contributed by atoms with Gasteiger partial charge in [0.25, 0.3) is 5.91 Å². The van der Waals surface area contributed by atoms with Crippen LogP contribution in [0.4, 0.5) is 4.79 Å². The zero-order valence-corrected chi connectivity index (χ0v) is 19.1. The molecule has 2 N–H and O–H groups in total. The predicted octanol–water partition coefficient (Wildman–Crippen LogP) is 3.05. The molecule has 2 atom stereocenters. The van der Waals surface area contributed by atoms with Crippen LogP contribution in [-0.4, -0.2) is 42.5 Å². The molecule has 2 heterocycles. The lowest BCUT2D eigenvalue weighted by Crippen LogP contribution is -2.43. The second-order valence-electron chi connectivity index (χ2n) is 8.59. The monoisotopic (exact) mass is 451 g/mol. The average molecular weight is 452 g/mol. The summed E-state index contributed by atoms with van der Waals surface area (Å²) in [4.78, 5) is 39.4. The van der Waals surface area contributed by atoms with Gasteiger partial charge in [-0.15, -0.1) is 0 Å². The highest BCUT2D eigenvalue weighted by atomic mass is 16.6. The minimum Gasteiger partial charge on any atom is -0.486 e. The molecule has 2 aliphatic rings. The molecular formula is C25H29N3O5. The first kappa shape index (κ1) is 22.6. The molecule has 4 amide bonds. The van der Waals surface area contributed by atoms with E-state index in [-0.39, 0.29) is 12.6 Å². The van der Waals surface area contributed by atoms with Crippen molar-refractivity contribution in [2.24, 2.45) is 0 Å². The van der Waals surface area contributed by atoms with Gasteiger partial charge in [-0.25, -0.2) is 4.79 Å². The molecule has 0 spiro atoms. The highest BCUT2D eigenvalue weighted by Crippen LogP contribution is 2.33. The number of ether oxygens (including phenoxy) is 2. The van der Waals surface area contributed by atoms with E-state index in [2.05, 4.69) is 17.6 Å². The molecule has 2 aromatic rings. The molecule has 174 valence electrons. The quantitative estimate of drug-likeness (QED) is 0.631. The molecule has 8 nitrogen and oxygen atoms in total. The molecule has 2 aromatic carbocycles. The molecule has 1 fully saturated rings. The Kier molecular flexibility index (Phi) is 6.26. The van der Waals surface area contributed by atoms with Gasteiger partial charge in [0.15, 0.2) is 11.5 Å². The van der Waals surface area contributed by atoms with Crippen molar-refractivity contribution in [1.29, 1.82) is 0 Å². The highest BCUT2D eigenvalue weighted by molar-refractivity contribution is 6.09. The van der Waals surface area contributed by atoms with E-state index in [9.17, 15) is 14.4 Å². The Morgan fingerprint density at radius 1 is 1.12 bits per heavy atom. The number of nitrogens with one attached hydrogen (secondary N) is 2. The standard InChI is InChI=1S/C25H29N3O5/c1-4-5-17-6-9-19(10-7-17)25(3)23(30)28(24(31)27-25)15-22(29)26-16(2)18-8-11-20-21(14-18)33-13-12-32-20/h6-11,14,16H,4-5,12-13,15H2,1-3H3,(H,26,29)(H,27,31)/t16-,25+/m1/s1. The maximum atomic E-state index is 13.1. The number of urea groups is 1. The van der Waals surface area contributed by atoms with E-state index in [1.165, 1.54) is 5.56 Å². The molecule has 8 heteroatoms. The molecule has 0 saturated carbocycles. The van der Waals surface area contributed by atoms with Crippen molar-refractivity contribution in [2.75, 3.05) is 19.8 Å². The summed E-state index contributed by atoms with van der Waals surface area (Å²) in [5.74, 6) is 0.431. The Morgan fingerprint density at radius 2 is 1.82 bits per heavy atom. The number of fused-ring (bicyclic) bond motifs is 1. The third kappa shape index (κ3) is 4.51. The Morgan fingerprint density at radius 3 is 2.52 bits per heavy atom. The molecule has 33 heavy (non-hydrogen) atoms. The van der Waals surface area contributed by atoms with Crippen LogP contribution in [0.5, 0.6) is 11.5 Å². The van der Waals surface area contributed by atoms with Gasteiger partial charge >= 0.3 is 6.03 Å². The van der Waals surface area contributed by atoms with Crippen molar-refractivity contribution in [3.05, 3.63) is 59.2 Å². The number of carbonyl (C=O) groups is 3. The summed E-state index contributed by atoms with van der Waals surface area (Å²) < 4.78 is 11.1. The topological polar surface area (TPSA) is 97.0 Å². The van der Waals surface area contributed by atoms with Crippen LogP contribution in [0.2, 0.25) is 0 Å². The van der Waals surface area contributed by atoms with Crippen LogP contribution in [0.25, 0.3) is 0 Å². The van der Waals surface area contributed by atoms with Gasteiger partial charge in [-0.05, 0) is 49.1 Å². The number of hydrogen-bond donors (Lipinski definition) is 2. The zero-order valence-electron chi connectivity index (χ0n) is 19.1. The Bertz CT molecular complexity index is 1070. The van der Waals surface area contributed by atoms with E-state index in [1.54, 1.807) is 13.0 Å². The Hall–Kier alpha value is -3.55. The summed E-state index contributed by atoms with van der Waals surface area (Å²) in [6, 6.07) is 12.2. The first-order valence-corrected chi connectivity index (χ1v) is 11.2. The summed E-state index contributed by atoms with van der Waals surface area (Å²) >= 11 is 0. The van der Waals surface area contributed by atoms with E-state index in [0.29, 0.717) is 30.3 Å². The number of rotatable bonds is 7. The predicted molar refractivity (Wildman–Crippen MR) is 122 cm³/mol. The largest absolute Gasteiger partial charge is 0.486 e. The third-order valence-corrected chi connectivity index (χ3v) is 6.09. The van der Waals surface area contributed by atoms with Crippen molar-refractivity contribution >= 4 is 17.8 Å². The molecule has 0 unspecified atom stereocenters. The van der Waals surface area contributed by atoms with Crippen LogP contribution in [-0.2, 0) is 21.5 Å². The molecule has 0 bridgehead atoms. The fourth-order valence-corrected chi connectivity index (χ4v) is 4.17. The summed E-state index contributed by atoms with van der Waals surface area (Å²) in [5.41, 5.74) is 1.49. The highest BCUT2D eigenvalue weighted by Gasteiger charge is 2.49. The maximum absolute atomic E-state index is 13.1. The van der Waals surface area contributed by atoms with Crippen LogP contribution in [0.1, 0.15) is 49.9 Å². The number of benzene rings is 2. The smallest absolute Gasteiger partial charge is 0.325 e. The number of imide groups is 1. The van der Waals surface area contributed by atoms with Gasteiger partial charge in [0, 0.05) is 0 Å². The normalized spacial score (nSPS) is 20.4. The maximum Gasteiger partial charge on any atom is 0.325 e. The fraction of sp³-hybridized carbons (Fsp3) is 0.400. The number of nitrogens with zero attached hydrogens (tertiary/aromatic N) is 1. The molecule has 0 aliphatic carbocycles. The first-order chi connectivity index (χ1) is 15.8. The minimum atomic E-state index is -1.20. The SMILES string of the molecule is CCCc1ccc([C@]2(C)NC(=O)N(CC(=O)N[C@H](C)c3ccc4c(c3)OCCO4)C2=O)cc1. The van der Waals surface area contributed by atoms with Gasteiger partial charge in [0.05, 0.1) is 6.04 Å². The molecule has 0 aromatic heterocycles. The average Bonchev–Trinajstić information content (AvgIpc) is 3.03. The van der Waals surface area contributed by atoms with Crippen molar-refractivity contribution in [2.45, 2.75) is 45.2 Å². The van der Waals surface area contributed by atoms with Crippen LogP contribution >= 0.6 is 0 Å². The second kappa shape index (κ2) is 9.13. The first-order valence-electron chi connectivity index (χ1n) is 11.2. The van der Waals surface area contributed by atoms with Crippen LogP contribution in [0.15, 0.2) is 42.5 Å². The molecule has 4 rings (SSSR count). The Labute approximate surface area is 193 Å². The number of carbonyl (C=O) groups excluding carboxylic acids is 3. The third-order valence-electron chi connectivity index (χ3n) is 6.09. The number of aryl methyl sites for hydroxylation is 1. The van der Waals surface area contributed by atoms with Crippen molar-refractivity contribution < 1.29 is 23.9 Å². The van der Waals surface area contributed by atoms with Crippen molar-refractivity contribution in [3.8, 4) is 11.5 Å². The lowest BCUT2D eigenvalue weighted by molar-refractivity contribution is -0.135. The van der Waals surface area contributed by atoms with Crippen LogP contribution in [0, 0.1) is 0 Å². The minimum absolute atomic E-state index is 0.341. The van der Waals surface area contributed by atoms with E-state index in [0.717, 1.165) is 23.3 Å². The lowest BCUT2D eigenvalue weighted by Gasteiger charge is -2.23. The molecule has 2 aliphatic heterocycles. The lowest BCUT2D eigenvalue weighted by atomic mass is 9.91. The van der Waals surface area contributed by atoms with Crippen LogP contribution in [0.3, 0.4) is 0 Å². The summed E-state index contributed by atoms with van der Waals surface area (Å²) in [7, 11) is 0. The summed E-state index contributed by atoms with van der Waals surface area (Å²) in [6.45, 7) is 6.22. The Balaban J connectivity index is 1.41. The number of amides is 4. The van der Waals surface area contributed by atoms with Gasteiger partial charge in [0.2, 0.25) is 5.91 Å². The van der Waals surface area contributed by atoms with Gasteiger partial charge in [-0.1, -0.05) is 43.7 Å². The summed E-state index contributed by atoms with van der Waals surface area (Å²) in [6.07, 6.45) is 1.98. The van der Waals surface area contributed by atoms with Crippen LogP contribution < -0.4 is 20.1 Å². The van der Waals surface area contributed by atoms with Crippen molar-refractivity contribution in [1.82, 2.24) is 15.5 Å². The van der Waals surface area contributed by atoms with Gasteiger partial charge in [0.1, 0.15) is 25.3 Å². The van der Waals surface area contributed by atoms with Crippen molar-refractivity contribution in [3.63, 3.8) is 0 Å². The molecular weight excluding hydrogens is 422 g/mol. The van der Waals surface area contributed by atoms with E-state index < -0.39 is 23.4 Å². The molecule has 1 saturated heterocycles. The number of hydrogen-bond acceptors (Lipinski definition) is 5. The van der Waals surface area contributed by atoms with E-state index in [1.807, 2.05) is 43.3 Å². The van der Waals surface area contributed by atoms with Gasteiger partial charge in [-0.3, -0.25) is 14.5 Å². The molecule has 0 radical (unpaired) electrons. The zero-order chi connectivity index (χ0) is 23.6. The van der Waals surface area contributed by atoms with E-state index >= 15 is 0 Å². The second-order valence-corrected chi connectivity index (χ2v) is 8.59. The fourth-order valence-electron chi connectivity index (χ4n) is 4.17. The van der Waals surface area contributed by atoms with Gasteiger partial charge in [-0.2, -0.15) is 0 Å².